The van der Waals surface area contributed by atoms with Gasteiger partial charge in [-0.15, -0.1) is 0 Å². The van der Waals surface area contributed by atoms with Crippen LogP contribution >= 0.6 is 0 Å². The van der Waals surface area contributed by atoms with Crippen LogP contribution in [0.4, 0.5) is 11.5 Å². The fourth-order valence-electron chi connectivity index (χ4n) is 1.61. The molecule has 1 N–H and O–H groups in total. The summed E-state index contributed by atoms with van der Waals surface area (Å²) in [6, 6.07) is 0.512. The van der Waals surface area contributed by atoms with Gasteiger partial charge in [-0.1, -0.05) is 5.16 Å². The second-order valence-corrected chi connectivity index (χ2v) is 3.61. The monoisotopic (exact) mass is 181 g/mol. The predicted octanol–water partition coefficient (Wildman–Crippen LogP) is 1.62. The number of hydrogen-bond donors (Lipinski definition) is 1. The van der Waals surface area contributed by atoms with Crippen LogP contribution in [-0.2, 0) is 0 Å². The number of nitrogens with one attached hydrogen (secondary N) is 1. The van der Waals surface area contributed by atoms with Crippen molar-refractivity contribution in [3.05, 3.63) is 5.76 Å². The molecule has 1 aliphatic rings. The lowest BCUT2D eigenvalue weighted by Crippen LogP contribution is -2.28. The molecule has 4 nitrogen and oxygen atoms in total. The average Bonchev–Trinajstić information content (AvgIpc) is 2.40. The summed E-state index contributed by atoms with van der Waals surface area (Å²) >= 11 is 0. The fraction of sp³-hybridized carbons (Fsp3) is 0.667. The average molecular weight is 181 g/mol. The fourth-order valence-corrected chi connectivity index (χ4v) is 1.61. The molecule has 2 rings (SSSR count). The van der Waals surface area contributed by atoms with Crippen LogP contribution < -0.4 is 10.2 Å². The van der Waals surface area contributed by atoms with Gasteiger partial charge in [-0.2, -0.15) is 0 Å². The van der Waals surface area contributed by atoms with Gasteiger partial charge in [0.25, 0.3) is 0 Å². The third-order valence-corrected chi connectivity index (χ3v) is 2.70. The quantitative estimate of drug-likeness (QED) is 0.660. The summed E-state index contributed by atoms with van der Waals surface area (Å²) in [4.78, 5) is 2.16. The van der Waals surface area contributed by atoms with Gasteiger partial charge in [-0.3, -0.25) is 0 Å². The Morgan fingerprint density at radius 1 is 1.62 bits per heavy atom. The van der Waals surface area contributed by atoms with Gasteiger partial charge in [0, 0.05) is 19.6 Å². The first kappa shape index (κ1) is 8.41. The van der Waals surface area contributed by atoms with E-state index in [1.807, 2.05) is 6.92 Å². The molecule has 2 heterocycles. The van der Waals surface area contributed by atoms with E-state index in [4.69, 9.17) is 4.52 Å². The van der Waals surface area contributed by atoms with Gasteiger partial charge in [0.1, 0.15) is 5.69 Å². The van der Waals surface area contributed by atoms with Gasteiger partial charge in [0.15, 0.2) is 11.6 Å². The molecule has 0 spiro atoms. The smallest absolute Gasteiger partial charge is 0.195 e. The third kappa shape index (κ3) is 1.26. The van der Waals surface area contributed by atoms with Crippen LogP contribution in [0.2, 0.25) is 0 Å². The normalized spacial score (nSPS) is 22.1. The van der Waals surface area contributed by atoms with Crippen LogP contribution in [0.15, 0.2) is 4.52 Å². The maximum Gasteiger partial charge on any atom is 0.195 e. The number of fused-ring (bicyclic) bond motifs is 1. The minimum atomic E-state index is 0.512. The summed E-state index contributed by atoms with van der Waals surface area (Å²) in [6.07, 6.45) is 1.13. The second kappa shape index (κ2) is 2.94. The maximum absolute atomic E-state index is 5.14. The summed E-state index contributed by atoms with van der Waals surface area (Å²) < 4.78 is 5.14. The van der Waals surface area contributed by atoms with Crippen LogP contribution in [0.1, 0.15) is 19.1 Å². The van der Waals surface area contributed by atoms with Crippen LogP contribution in [-0.4, -0.2) is 24.8 Å². The van der Waals surface area contributed by atoms with Crippen LogP contribution in [0.5, 0.6) is 0 Å². The summed E-state index contributed by atoms with van der Waals surface area (Å²) in [5.41, 5.74) is 1.05. The molecule has 0 bridgehead atoms. The zero-order valence-electron chi connectivity index (χ0n) is 8.29. The van der Waals surface area contributed by atoms with E-state index in [0.29, 0.717) is 6.04 Å². The molecule has 1 aromatic rings. The molecule has 0 radical (unpaired) electrons. The van der Waals surface area contributed by atoms with Crippen molar-refractivity contribution in [2.75, 3.05) is 23.8 Å². The molecule has 0 saturated heterocycles. The minimum Gasteiger partial charge on any atom is -0.379 e. The van der Waals surface area contributed by atoms with Crippen molar-refractivity contribution in [3.8, 4) is 0 Å². The summed E-state index contributed by atoms with van der Waals surface area (Å²) in [6.45, 7) is 5.12. The molecule has 1 aliphatic heterocycles. The zero-order chi connectivity index (χ0) is 9.42. The van der Waals surface area contributed by atoms with Crippen molar-refractivity contribution < 1.29 is 4.52 Å². The first-order valence-electron chi connectivity index (χ1n) is 4.63. The number of aryl methyl sites for hydroxylation is 1. The highest BCUT2D eigenvalue weighted by Gasteiger charge is 2.22. The van der Waals surface area contributed by atoms with E-state index >= 15 is 0 Å². The summed E-state index contributed by atoms with van der Waals surface area (Å²) in [5.74, 6) is 1.80. The van der Waals surface area contributed by atoms with Crippen molar-refractivity contribution in [1.29, 1.82) is 0 Å². The number of rotatable bonds is 0. The molecule has 13 heavy (non-hydrogen) atoms. The first-order chi connectivity index (χ1) is 6.20. The van der Waals surface area contributed by atoms with Crippen LogP contribution in [0, 0.1) is 6.92 Å². The van der Waals surface area contributed by atoms with Crippen LogP contribution in [0.25, 0.3) is 0 Å². The number of anilines is 2. The summed E-state index contributed by atoms with van der Waals surface area (Å²) in [5, 5.41) is 7.37. The molecule has 0 aromatic carbocycles. The van der Waals surface area contributed by atoms with E-state index in [1.54, 1.807) is 0 Å². The van der Waals surface area contributed by atoms with Gasteiger partial charge >= 0.3 is 0 Å². The van der Waals surface area contributed by atoms with Gasteiger partial charge in [-0.05, 0) is 20.3 Å². The first-order valence-corrected chi connectivity index (χ1v) is 4.63. The second-order valence-electron chi connectivity index (χ2n) is 3.61. The Kier molecular flexibility index (Phi) is 1.90. The molecular formula is C9H15N3O. The van der Waals surface area contributed by atoms with E-state index in [2.05, 4.69) is 29.3 Å². The van der Waals surface area contributed by atoms with Crippen molar-refractivity contribution in [1.82, 2.24) is 5.16 Å². The number of aromatic nitrogens is 1. The zero-order valence-corrected chi connectivity index (χ0v) is 8.29. The van der Waals surface area contributed by atoms with Gasteiger partial charge < -0.3 is 14.7 Å². The molecule has 1 unspecified atom stereocenters. The van der Waals surface area contributed by atoms with E-state index < -0.39 is 0 Å². The summed E-state index contributed by atoms with van der Waals surface area (Å²) in [7, 11) is 2.05. The van der Waals surface area contributed by atoms with Crippen molar-refractivity contribution in [3.63, 3.8) is 0 Å². The molecule has 1 atom stereocenters. The Hall–Kier alpha value is -1.19. The van der Waals surface area contributed by atoms with Gasteiger partial charge in [0.2, 0.25) is 0 Å². The van der Waals surface area contributed by atoms with Crippen molar-refractivity contribution in [2.24, 2.45) is 0 Å². The third-order valence-electron chi connectivity index (χ3n) is 2.70. The molecular weight excluding hydrogens is 166 g/mol. The molecule has 0 aliphatic carbocycles. The van der Waals surface area contributed by atoms with Crippen molar-refractivity contribution in [2.45, 2.75) is 26.3 Å². The van der Waals surface area contributed by atoms with Crippen LogP contribution in [0.3, 0.4) is 0 Å². The largest absolute Gasteiger partial charge is 0.379 e. The SMILES string of the molecule is Cc1onc2c1NCCC(C)N2C. The molecule has 0 fully saturated rings. The Labute approximate surface area is 77.9 Å². The predicted molar refractivity (Wildman–Crippen MR) is 52.2 cm³/mol. The Morgan fingerprint density at radius 2 is 2.38 bits per heavy atom. The van der Waals surface area contributed by atoms with E-state index in [-0.39, 0.29) is 0 Å². The minimum absolute atomic E-state index is 0.512. The Morgan fingerprint density at radius 3 is 3.15 bits per heavy atom. The number of nitrogens with zero attached hydrogens (tertiary/aromatic N) is 2. The Balaban J connectivity index is 2.41. The lowest BCUT2D eigenvalue weighted by atomic mass is 10.2. The molecule has 1 aromatic heterocycles. The standard InChI is InChI=1S/C9H15N3O/c1-6-4-5-10-8-7(2)13-11-9(8)12(6)3/h6,10H,4-5H2,1-3H3. The van der Waals surface area contributed by atoms with Gasteiger partial charge in [-0.25, -0.2) is 0 Å². The highest BCUT2D eigenvalue weighted by molar-refractivity contribution is 5.68. The lowest BCUT2D eigenvalue weighted by molar-refractivity contribution is 0.395. The molecule has 4 heteroatoms. The van der Waals surface area contributed by atoms with E-state index in [0.717, 1.165) is 30.2 Å². The van der Waals surface area contributed by atoms with Gasteiger partial charge in [0.05, 0.1) is 0 Å². The number of hydrogen-bond acceptors (Lipinski definition) is 4. The highest BCUT2D eigenvalue weighted by Crippen LogP contribution is 2.31. The van der Waals surface area contributed by atoms with Crippen molar-refractivity contribution >= 4 is 11.5 Å². The van der Waals surface area contributed by atoms with E-state index in [9.17, 15) is 0 Å². The topological polar surface area (TPSA) is 41.3 Å². The molecule has 0 amide bonds. The Bertz CT molecular complexity index is 308. The highest BCUT2D eigenvalue weighted by atomic mass is 16.5. The van der Waals surface area contributed by atoms with E-state index in [1.165, 1.54) is 0 Å². The lowest BCUT2D eigenvalue weighted by Gasteiger charge is -2.21. The molecule has 72 valence electrons. The maximum atomic E-state index is 5.14. The molecule has 0 saturated carbocycles.